The van der Waals surface area contributed by atoms with Crippen LogP contribution in [0, 0.1) is 0 Å². The van der Waals surface area contributed by atoms with Crippen LogP contribution in [0.3, 0.4) is 0 Å². The van der Waals surface area contributed by atoms with Gasteiger partial charge in [-0.25, -0.2) is 0 Å². The van der Waals surface area contributed by atoms with Gasteiger partial charge in [-0.1, -0.05) is 188 Å². The standard InChI is InChI=1S/C54H38N2Si/c1-5-19-39(20-6-1)40-21-17-29-45(37-40)57(43-25-9-3-10-26-43,44-27-11-4-12-28-44)46-30-18-24-42(38-46)56-50-33-15-13-31-47(50)48-35-36-52-53(54(48)56)49-32-14-16-34-51(49)55(52)41-22-7-2-8-23-41/h1-38H. The molecular weight excluding hydrogens is 705 g/mol. The van der Waals surface area contributed by atoms with E-state index in [0.29, 0.717) is 0 Å². The lowest BCUT2D eigenvalue weighted by Gasteiger charge is -2.35. The van der Waals surface area contributed by atoms with E-state index in [9.17, 15) is 0 Å². The summed E-state index contributed by atoms with van der Waals surface area (Å²) in [5.74, 6) is 0. The average Bonchev–Trinajstić information content (AvgIpc) is 3.81. The zero-order chi connectivity index (χ0) is 37.8. The predicted octanol–water partition coefficient (Wildman–Crippen LogP) is 10.9. The first kappa shape index (κ1) is 33.2. The van der Waals surface area contributed by atoms with Crippen molar-refractivity contribution in [3.8, 4) is 22.5 Å². The number of rotatable bonds is 7. The second kappa shape index (κ2) is 13.5. The molecule has 11 aromatic rings. The molecule has 0 aliphatic carbocycles. The molecule has 0 aliphatic rings. The molecule has 0 unspecified atom stereocenters. The van der Waals surface area contributed by atoms with Crippen molar-refractivity contribution < 1.29 is 0 Å². The van der Waals surface area contributed by atoms with Gasteiger partial charge in [0.05, 0.1) is 22.1 Å². The van der Waals surface area contributed by atoms with E-state index < -0.39 is 8.07 Å². The zero-order valence-corrected chi connectivity index (χ0v) is 32.3. The van der Waals surface area contributed by atoms with Gasteiger partial charge in [0.25, 0.3) is 0 Å². The van der Waals surface area contributed by atoms with Gasteiger partial charge in [0.15, 0.2) is 8.07 Å². The van der Waals surface area contributed by atoms with Crippen molar-refractivity contribution in [1.29, 1.82) is 0 Å². The van der Waals surface area contributed by atoms with E-state index in [0.717, 1.165) is 11.4 Å². The molecule has 3 heteroatoms. The van der Waals surface area contributed by atoms with Gasteiger partial charge in [-0.05, 0) is 74.3 Å². The van der Waals surface area contributed by atoms with E-state index in [4.69, 9.17) is 0 Å². The summed E-state index contributed by atoms with van der Waals surface area (Å²) in [6.07, 6.45) is 0. The summed E-state index contributed by atoms with van der Waals surface area (Å²) in [6.45, 7) is 0. The van der Waals surface area contributed by atoms with Gasteiger partial charge in [-0.2, -0.15) is 0 Å². The number of para-hydroxylation sites is 3. The van der Waals surface area contributed by atoms with Gasteiger partial charge in [-0.3, -0.25) is 0 Å². The lowest BCUT2D eigenvalue weighted by atomic mass is 10.1. The number of benzene rings is 9. The smallest absolute Gasteiger partial charge is 0.179 e. The van der Waals surface area contributed by atoms with Crippen LogP contribution in [0.4, 0.5) is 0 Å². The Hall–Kier alpha value is -7.20. The highest BCUT2D eigenvalue weighted by Crippen LogP contribution is 2.41. The fraction of sp³-hybridized carbons (Fsp3) is 0. The van der Waals surface area contributed by atoms with Gasteiger partial charge < -0.3 is 9.13 Å². The molecule has 0 radical (unpaired) electrons. The van der Waals surface area contributed by atoms with Crippen LogP contribution in [-0.2, 0) is 0 Å². The van der Waals surface area contributed by atoms with Gasteiger partial charge in [0, 0.05) is 32.9 Å². The van der Waals surface area contributed by atoms with Crippen LogP contribution in [0.25, 0.3) is 66.1 Å². The summed E-state index contributed by atoms with van der Waals surface area (Å²) in [7, 11) is -2.90. The summed E-state index contributed by atoms with van der Waals surface area (Å²) in [5.41, 5.74) is 9.60. The predicted molar refractivity (Wildman–Crippen MR) is 244 cm³/mol. The quantitative estimate of drug-likeness (QED) is 0.114. The van der Waals surface area contributed by atoms with Crippen molar-refractivity contribution in [3.63, 3.8) is 0 Å². The van der Waals surface area contributed by atoms with E-state index in [1.165, 1.54) is 75.5 Å². The van der Waals surface area contributed by atoms with Crippen molar-refractivity contribution >= 4 is 72.4 Å². The molecule has 0 amide bonds. The molecule has 2 nitrogen and oxygen atoms in total. The summed E-state index contributed by atoms with van der Waals surface area (Å²) in [4.78, 5) is 0. The molecule has 0 bridgehead atoms. The van der Waals surface area contributed by atoms with E-state index in [-0.39, 0.29) is 0 Å². The molecule has 268 valence electrons. The Morgan fingerprint density at radius 2 is 0.772 bits per heavy atom. The zero-order valence-electron chi connectivity index (χ0n) is 31.3. The van der Waals surface area contributed by atoms with Crippen LogP contribution in [0.15, 0.2) is 231 Å². The Morgan fingerprint density at radius 1 is 0.281 bits per heavy atom. The maximum Gasteiger partial charge on any atom is 0.179 e. The Balaban J connectivity index is 1.25. The van der Waals surface area contributed by atoms with Crippen LogP contribution >= 0.6 is 0 Å². The van der Waals surface area contributed by atoms with Crippen LogP contribution in [0.1, 0.15) is 0 Å². The van der Waals surface area contributed by atoms with Gasteiger partial charge in [0.1, 0.15) is 0 Å². The van der Waals surface area contributed by atoms with Crippen LogP contribution in [0.2, 0.25) is 0 Å². The van der Waals surface area contributed by atoms with Gasteiger partial charge in [-0.15, -0.1) is 0 Å². The first-order valence-corrected chi connectivity index (χ1v) is 21.7. The molecular formula is C54H38N2Si. The maximum atomic E-state index is 2.54. The highest BCUT2D eigenvalue weighted by Gasteiger charge is 2.42. The van der Waals surface area contributed by atoms with Crippen molar-refractivity contribution in [2.75, 3.05) is 0 Å². The second-order valence-corrected chi connectivity index (χ2v) is 18.7. The monoisotopic (exact) mass is 742 g/mol. The summed E-state index contributed by atoms with van der Waals surface area (Å²) in [6, 6.07) is 85.3. The Bertz CT molecular complexity index is 3180. The van der Waals surface area contributed by atoms with Crippen molar-refractivity contribution in [2.45, 2.75) is 0 Å². The number of aromatic nitrogens is 2. The van der Waals surface area contributed by atoms with E-state index in [1.54, 1.807) is 0 Å². The van der Waals surface area contributed by atoms with E-state index >= 15 is 0 Å². The summed E-state index contributed by atoms with van der Waals surface area (Å²) < 4.78 is 4.96. The molecule has 0 fully saturated rings. The number of hydrogen-bond donors (Lipinski definition) is 0. The summed E-state index contributed by atoms with van der Waals surface area (Å²) in [5, 5.41) is 10.4. The van der Waals surface area contributed by atoms with Crippen LogP contribution < -0.4 is 20.7 Å². The molecule has 11 rings (SSSR count). The number of hydrogen-bond acceptors (Lipinski definition) is 0. The van der Waals surface area contributed by atoms with Crippen molar-refractivity contribution in [2.24, 2.45) is 0 Å². The molecule has 0 aliphatic heterocycles. The third-order valence-corrected chi connectivity index (χ3v) is 16.6. The minimum atomic E-state index is -2.90. The highest BCUT2D eigenvalue weighted by molar-refractivity contribution is 7.20. The fourth-order valence-electron chi connectivity index (χ4n) is 9.45. The maximum absolute atomic E-state index is 2.90. The normalized spacial score (nSPS) is 11.9. The summed E-state index contributed by atoms with van der Waals surface area (Å²) >= 11 is 0. The highest BCUT2D eigenvalue weighted by atomic mass is 28.3. The molecule has 0 atom stereocenters. The third-order valence-electron chi connectivity index (χ3n) is 11.8. The van der Waals surface area contributed by atoms with E-state index in [1.807, 2.05) is 0 Å². The molecule has 2 heterocycles. The Morgan fingerprint density at radius 3 is 1.46 bits per heavy atom. The molecule has 0 N–H and O–H groups in total. The molecule has 0 saturated heterocycles. The minimum absolute atomic E-state index is 1.16. The topological polar surface area (TPSA) is 9.86 Å². The van der Waals surface area contributed by atoms with Gasteiger partial charge >= 0.3 is 0 Å². The Labute approximate surface area is 333 Å². The largest absolute Gasteiger partial charge is 0.309 e. The lowest BCUT2D eigenvalue weighted by molar-refractivity contribution is 1.17. The number of fused-ring (bicyclic) bond motifs is 7. The fourth-order valence-corrected chi connectivity index (χ4v) is 14.3. The van der Waals surface area contributed by atoms with Crippen LogP contribution in [0.5, 0.6) is 0 Å². The third kappa shape index (κ3) is 5.17. The average molecular weight is 743 g/mol. The molecule has 57 heavy (non-hydrogen) atoms. The molecule has 0 saturated carbocycles. The first-order chi connectivity index (χ1) is 28.3. The SMILES string of the molecule is c1ccc(-c2cccc([Si](c3ccccc3)(c3ccccc3)c3cccc(-n4c5ccccc5c5ccc6c(c7ccccc7n6-c6ccccc6)c54)c3)c2)cc1. The lowest BCUT2D eigenvalue weighted by Crippen LogP contribution is -2.74. The van der Waals surface area contributed by atoms with Crippen molar-refractivity contribution in [3.05, 3.63) is 231 Å². The molecule has 2 aromatic heterocycles. The molecule has 9 aromatic carbocycles. The minimum Gasteiger partial charge on any atom is -0.309 e. The van der Waals surface area contributed by atoms with Crippen molar-refractivity contribution in [1.82, 2.24) is 9.13 Å². The first-order valence-electron chi connectivity index (χ1n) is 19.7. The second-order valence-electron chi connectivity index (χ2n) is 14.9. The Kier molecular flexibility index (Phi) is 7.87. The number of nitrogens with zero attached hydrogens (tertiary/aromatic N) is 2. The van der Waals surface area contributed by atoms with E-state index in [2.05, 4.69) is 240 Å². The van der Waals surface area contributed by atoms with Gasteiger partial charge in [0.2, 0.25) is 0 Å². The molecule has 0 spiro atoms. The van der Waals surface area contributed by atoms with Crippen LogP contribution in [-0.4, -0.2) is 17.2 Å².